The average Bonchev–Trinajstić information content (AvgIpc) is 2.52. The van der Waals surface area contributed by atoms with E-state index in [0.717, 1.165) is 11.6 Å². The predicted octanol–water partition coefficient (Wildman–Crippen LogP) is 0.323. The van der Waals surface area contributed by atoms with E-state index in [4.69, 9.17) is 0 Å². The van der Waals surface area contributed by atoms with E-state index in [1.807, 2.05) is 0 Å². The van der Waals surface area contributed by atoms with Gasteiger partial charge in [0, 0.05) is 18.9 Å². The summed E-state index contributed by atoms with van der Waals surface area (Å²) in [6, 6.07) is 9.32. The van der Waals surface area contributed by atoms with Crippen molar-refractivity contribution in [1.29, 1.82) is 0 Å². The van der Waals surface area contributed by atoms with Gasteiger partial charge in [0.05, 0.1) is 10.9 Å². The lowest BCUT2D eigenvalue weighted by atomic mass is 10.2. The van der Waals surface area contributed by atoms with E-state index in [1.54, 1.807) is 24.5 Å². The number of aromatic nitrogens is 1. The summed E-state index contributed by atoms with van der Waals surface area (Å²) in [5.74, 6) is -1.31. The lowest BCUT2D eigenvalue weighted by molar-refractivity contribution is -0.297. The van der Waals surface area contributed by atoms with Crippen LogP contribution in [0.5, 0.6) is 0 Å². The molecule has 1 aromatic heterocycles. The number of hydrogen-bond donors (Lipinski definition) is 1. The Morgan fingerprint density at radius 2 is 1.95 bits per heavy atom. The topological polar surface area (TPSA) is 99.2 Å². The maximum absolute atomic E-state index is 12.1. The van der Waals surface area contributed by atoms with Gasteiger partial charge in [-0.25, -0.2) is 13.1 Å². The maximum Gasteiger partial charge on any atom is 0.240 e. The molecule has 0 amide bonds. The molecule has 0 aliphatic heterocycles. The highest BCUT2D eigenvalue weighted by atomic mass is 32.2. The van der Waals surface area contributed by atoms with E-state index >= 15 is 0 Å². The van der Waals surface area contributed by atoms with Crippen molar-refractivity contribution in [3.05, 3.63) is 66.0 Å². The van der Waals surface area contributed by atoms with E-state index in [-0.39, 0.29) is 11.4 Å². The highest BCUT2D eigenvalue weighted by Gasteiger charge is 2.13. The van der Waals surface area contributed by atoms with Crippen LogP contribution in [0.15, 0.2) is 59.8 Å². The Bertz CT molecular complexity index is 769. The zero-order valence-electron chi connectivity index (χ0n) is 11.5. The number of aliphatic carboxylic acids is 1. The number of carboxylic acid groups (broad SMARTS) is 1. The van der Waals surface area contributed by atoms with Crippen LogP contribution in [0.25, 0.3) is 6.08 Å². The molecule has 0 aliphatic carbocycles. The molecule has 6 nitrogen and oxygen atoms in total. The minimum absolute atomic E-state index is 0.0991. The lowest BCUT2D eigenvalue weighted by Gasteiger charge is -2.07. The van der Waals surface area contributed by atoms with E-state index < -0.39 is 16.0 Å². The molecule has 0 unspecified atom stereocenters. The van der Waals surface area contributed by atoms with Crippen LogP contribution < -0.4 is 9.83 Å². The Kier molecular flexibility index (Phi) is 5.03. The Hall–Kier alpha value is -2.51. The SMILES string of the molecule is O=C([O-])/C=C/c1ccc(S(=O)(=O)NCc2cccnc2)cc1. The second-order valence-electron chi connectivity index (χ2n) is 4.41. The largest absolute Gasteiger partial charge is 0.545 e. The Labute approximate surface area is 128 Å². The van der Waals surface area contributed by atoms with E-state index in [0.29, 0.717) is 5.56 Å². The van der Waals surface area contributed by atoms with Crippen molar-refractivity contribution in [1.82, 2.24) is 9.71 Å². The molecule has 0 spiro atoms. The number of nitrogens with zero attached hydrogens (tertiary/aromatic N) is 1. The van der Waals surface area contributed by atoms with E-state index in [1.165, 1.54) is 30.3 Å². The van der Waals surface area contributed by atoms with Crippen LogP contribution in [0.4, 0.5) is 0 Å². The number of carbonyl (C=O) groups excluding carboxylic acids is 1. The first-order valence-electron chi connectivity index (χ1n) is 6.35. The molecule has 2 rings (SSSR count). The average molecular weight is 317 g/mol. The van der Waals surface area contributed by atoms with Gasteiger partial charge in [-0.3, -0.25) is 4.98 Å². The zero-order valence-corrected chi connectivity index (χ0v) is 12.3. The molecule has 114 valence electrons. The third kappa shape index (κ3) is 4.51. The van der Waals surface area contributed by atoms with Crippen molar-refractivity contribution in [3.63, 3.8) is 0 Å². The van der Waals surface area contributed by atoms with Crippen LogP contribution in [0.2, 0.25) is 0 Å². The van der Waals surface area contributed by atoms with Gasteiger partial charge in [-0.05, 0) is 35.4 Å². The van der Waals surface area contributed by atoms with Gasteiger partial charge in [0.1, 0.15) is 0 Å². The molecular formula is C15H13N2O4S-. The fourth-order valence-electron chi connectivity index (χ4n) is 1.69. The van der Waals surface area contributed by atoms with Crippen molar-refractivity contribution in [2.75, 3.05) is 0 Å². The highest BCUT2D eigenvalue weighted by Crippen LogP contribution is 2.12. The standard InChI is InChI=1S/C15H14N2O4S/c18-15(19)8-5-12-3-6-14(7-4-12)22(20,21)17-11-13-2-1-9-16-10-13/h1-10,17H,11H2,(H,18,19)/p-1/b8-5+. The maximum atomic E-state index is 12.1. The number of carboxylic acids is 1. The monoisotopic (exact) mass is 317 g/mol. The van der Waals surface area contributed by atoms with Crippen LogP contribution >= 0.6 is 0 Å². The molecule has 7 heteroatoms. The summed E-state index contributed by atoms with van der Waals surface area (Å²) in [6.45, 7) is 0.141. The summed E-state index contributed by atoms with van der Waals surface area (Å²) >= 11 is 0. The van der Waals surface area contributed by atoms with Gasteiger partial charge in [-0.1, -0.05) is 24.3 Å². The Morgan fingerprint density at radius 3 is 2.55 bits per heavy atom. The first-order chi connectivity index (χ1) is 10.5. The number of benzene rings is 1. The molecule has 2 aromatic rings. The highest BCUT2D eigenvalue weighted by molar-refractivity contribution is 7.89. The summed E-state index contributed by atoms with van der Waals surface area (Å²) in [4.78, 5) is 14.3. The molecule has 0 saturated heterocycles. The van der Waals surface area contributed by atoms with Crippen molar-refractivity contribution in [2.24, 2.45) is 0 Å². The molecule has 0 fully saturated rings. The molecule has 0 bridgehead atoms. The summed E-state index contributed by atoms with van der Waals surface area (Å²) in [7, 11) is -3.64. The fraction of sp³-hybridized carbons (Fsp3) is 0.0667. The van der Waals surface area contributed by atoms with E-state index in [9.17, 15) is 18.3 Å². The van der Waals surface area contributed by atoms with Gasteiger partial charge in [-0.2, -0.15) is 0 Å². The van der Waals surface area contributed by atoms with Gasteiger partial charge in [0.2, 0.25) is 10.0 Å². The molecule has 0 aliphatic rings. The van der Waals surface area contributed by atoms with E-state index in [2.05, 4.69) is 9.71 Å². The summed E-state index contributed by atoms with van der Waals surface area (Å²) in [5, 5.41) is 10.3. The van der Waals surface area contributed by atoms with Crippen molar-refractivity contribution in [2.45, 2.75) is 11.4 Å². The first kappa shape index (κ1) is 15.9. The predicted molar refractivity (Wildman–Crippen MR) is 78.7 cm³/mol. The van der Waals surface area contributed by atoms with Gasteiger partial charge in [0.15, 0.2) is 0 Å². The molecule has 22 heavy (non-hydrogen) atoms. The molecule has 1 aromatic carbocycles. The summed E-state index contributed by atoms with van der Waals surface area (Å²) in [6.07, 6.45) is 5.40. The van der Waals surface area contributed by atoms with Gasteiger partial charge in [0.25, 0.3) is 0 Å². The summed E-state index contributed by atoms with van der Waals surface area (Å²) in [5.41, 5.74) is 1.31. The number of hydrogen-bond acceptors (Lipinski definition) is 5. The molecule has 0 saturated carbocycles. The summed E-state index contributed by atoms with van der Waals surface area (Å²) < 4.78 is 26.7. The van der Waals surface area contributed by atoms with Gasteiger partial charge < -0.3 is 9.90 Å². The van der Waals surface area contributed by atoms with Crippen LogP contribution in [0.3, 0.4) is 0 Å². The smallest absolute Gasteiger partial charge is 0.240 e. The number of pyridine rings is 1. The number of carbonyl (C=O) groups is 1. The molecule has 0 atom stereocenters. The number of nitrogens with one attached hydrogen (secondary N) is 1. The normalized spacial score (nSPS) is 11.6. The van der Waals surface area contributed by atoms with Crippen LogP contribution in [0.1, 0.15) is 11.1 Å². The lowest BCUT2D eigenvalue weighted by Crippen LogP contribution is -2.23. The Balaban J connectivity index is 2.07. The zero-order chi connectivity index (χ0) is 16.0. The van der Waals surface area contributed by atoms with Crippen LogP contribution in [-0.4, -0.2) is 19.4 Å². The van der Waals surface area contributed by atoms with Crippen LogP contribution in [0, 0.1) is 0 Å². The van der Waals surface area contributed by atoms with Crippen LogP contribution in [-0.2, 0) is 21.4 Å². The van der Waals surface area contributed by atoms with Crippen molar-refractivity contribution >= 4 is 22.1 Å². The van der Waals surface area contributed by atoms with Crippen molar-refractivity contribution in [3.8, 4) is 0 Å². The molecule has 1 heterocycles. The molecular weight excluding hydrogens is 304 g/mol. The van der Waals surface area contributed by atoms with Crippen molar-refractivity contribution < 1.29 is 18.3 Å². The van der Waals surface area contributed by atoms with Gasteiger partial charge >= 0.3 is 0 Å². The first-order valence-corrected chi connectivity index (χ1v) is 7.83. The van der Waals surface area contributed by atoms with Gasteiger partial charge in [-0.15, -0.1) is 0 Å². The third-order valence-corrected chi connectivity index (χ3v) is 4.21. The minimum Gasteiger partial charge on any atom is -0.545 e. The number of rotatable bonds is 6. The quantitative estimate of drug-likeness (QED) is 0.774. The Morgan fingerprint density at radius 1 is 1.23 bits per heavy atom. The third-order valence-electron chi connectivity index (χ3n) is 2.79. The molecule has 0 radical (unpaired) electrons. The molecule has 1 N–H and O–H groups in total. The minimum atomic E-state index is -3.64. The second kappa shape index (κ2) is 6.97. The fourth-order valence-corrected chi connectivity index (χ4v) is 2.70. The second-order valence-corrected chi connectivity index (χ2v) is 6.17. The number of sulfonamides is 1.